The lowest BCUT2D eigenvalue weighted by Crippen LogP contribution is -2.47. The second kappa shape index (κ2) is 7.67. The molecule has 92 valence electrons. The van der Waals surface area contributed by atoms with E-state index in [2.05, 4.69) is 35.0 Å². The van der Waals surface area contributed by atoms with Crippen molar-refractivity contribution in [2.45, 2.75) is 25.8 Å². The molecular weight excluding hydrogens is 198 g/mol. The zero-order valence-electron chi connectivity index (χ0n) is 10.7. The van der Waals surface area contributed by atoms with Crippen LogP contribution >= 0.6 is 0 Å². The lowest BCUT2D eigenvalue weighted by atomic mass is 10.1. The summed E-state index contributed by atoms with van der Waals surface area (Å²) in [6.45, 7) is 9.18. The van der Waals surface area contributed by atoms with E-state index in [1.807, 2.05) is 0 Å². The molecule has 0 bridgehead atoms. The minimum atomic E-state index is 0.498. The first-order valence-electron chi connectivity index (χ1n) is 6.34. The van der Waals surface area contributed by atoms with Gasteiger partial charge in [-0.25, -0.2) is 0 Å². The van der Waals surface area contributed by atoms with Gasteiger partial charge in [-0.1, -0.05) is 6.92 Å². The fourth-order valence-electron chi connectivity index (χ4n) is 2.00. The molecule has 1 aliphatic heterocycles. The summed E-state index contributed by atoms with van der Waals surface area (Å²) in [6.07, 6.45) is 7.29. The highest BCUT2D eigenvalue weighted by atomic mass is 15.2. The SMILES string of the molecule is C#CCC(CC)NCCN1CCN(C)CC1. The van der Waals surface area contributed by atoms with E-state index in [0.29, 0.717) is 6.04 Å². The van der Waals surface area contributed by atoms with Crippen LogP contribution in [0.15, 0.2) is 0 Å². The van der Waals surface area contributed by atoms with Gasteiger partial charge in [0.05, 0.1) is 0 Å². The molecule has 1 atom stereocenters. The molecule has 0 spiro atoms. The Morgan fingerprint density at radius 1 is 1.31 bits per heavy atom. The molecule has 16 heavy (non-hydrogen) atoms. The van der Waals surface area contributed by atoms with Crippen LogP contribution in [0.25, 0.3) is 0 Å². The first-order chi connectivity index (χ1) is 7.76. The van der Waals surface area contributed by atoms with Crippen LogP contribution < -0.4 is 5.32 Å². The Morgan fingerprint density at radius 3 is 2.56 bits per heavy atom. The molecule has 0 aromatic rings. The lowest BCUT2D eigenvalue weighted by Gasteiger charge is -2.32. The molecule has 0 aromatic heterocycles. The third-order valence-corrected chi connectivity index (χ3v) is 3.31. The Morgan fingerprint density at radius 2 is 2.00 bits per heavy atom. The van der Waals surface area contributed by atoms with Gasteiger partial charge in [0, 0.05) is 51.7 Å². The number of nitrogens with zero attached hydrogens (tertiary/aromatic N) is 2. The number of hydrogen-bond acceptors (Lipinski definition) is 3. The largest absolute Gasteiger partial charge is 0.312 e. The Hall–Kier alpha value is -0.560. The molecule has 0 aromatic carbocycles. The molecule has 3 heteroatoms. The number of hydrogen-bond donors (Lipinski definition) is 1. The van der Waals surface area contributed by atoms with Crippen LogP contribution in [0.2, 0.25) is 0 Å². The van der Waals surface area contributed by atoms with Gasteiger partial charge in [0.2, 0.25) is 0 Å². The van der Waals surface area contributed by atoms with Gasteiger partial charge in [-0.05, 0) is 13.5 Å². The van der Waals surface area contributed by atoms with Gasteiger partial charge in [0.25, 0.3) is 0 Å². The van der Waals surface area contributed by atoms with Crippen LogP contribution in [-0.4, -0.2) is 62.2 Å². The molecule has 1 unspecified atom stereocenters. The standard InChI is InChI=1S/C13H25N3/c1-4-6-13(5-2)14-7-8-16-11-9-15(3)10-12-16/h1,13-14H,5-12H2,2-3H3. The van der Waals surface area contributed by atoms with Gasteiger partial charge in [-0.15, -0.1) is 12.3 Å². The highest BCUT2D eigenvalue weighted by Crippen LogP contribution is 1.99. The van der Waals surface area contributed by atoms with Crippen molar-refractivity contribution in [3.8, 4) is 12.3 Å². The van der Waals surface area contributed by atoms with Crippen molar-refractivity contribution in [1.29, 1.82) is 0 Å². The van der Waals surface area contributed by atoms with Crippen LogP contribution in [0.1, 0.15) is 19.8 Å². The summed E-state index contributed by atoms with van der Waals surface area (Å²) in [4.78, 5) is 4.91. The summed E-state index contributed by atoms with van der Waals surface area (Å²) in [5.41, 5.74) is 0. The van der Waals surface area contributed by atoms with Crippen molar-refractivity contribution in [2.24, 2.45) is 0 Å². The van der Waals surface area contributed by atoms with Gasteiger partial charge >= 0.3 is 0 Å². The summed E-state index contributed by atoms with van der Waals surface area (Å²) in [7, 11) is 2.19. The van der Waals surface area contributed by atoms with Crippen molar-refractivity contribution in [2.75, 3.05) is 46.3 Å². The fraction of sp³-hybridized carbons (Fsp3) is 0.846. The molecule has 0 radical (unpaired) electrons. The van der Waals surface area contributed by atoms with E-state index in [4.69, 9.17) is 6.42 Å². The Kier molecular flexibility index (Phi) is 6.47. The van der Waals surface area contributed by atoms with Crippen LogP contribution in [-0.2, 0) is 0 Å². The average Bonchev–Trinajstić information content (AvgIpc) is 2.30. The maximum Gasteiger partial charge on any atom is 0.0240 e. The molecule has 1 heterocycles. The first kappa shape index (κ1) is 13.5. The normalized spacial score (nSPS) is 20.6. The topological polar surface area (TPSA) is 18.5 Å². The van der Waals surface area contributed by atoms with Crippen LogP contribution in [0.4, 0.5) is 0 Å². The van der Waals surface area contributed by atoms with Gasteiger partial charge in [-0.2, -0.15) is 0 Å². The molecule has 3 nitrogen and oxygen atoms in total. The van der Waals surface area contributed by atoms with Gasteiger partial charge < -0.3 is 10.2 Å². The predicted octanol–water partition coefficient (Wildman–Crippen LogP) is 0.625. The van der Waals surface area contributed by atoms with Gasteiger partial charge in [0.15, 0.2) is 0 Å². The van der Waals surface area contributed by atoms with E-state index in [9.17, 15) is 0 Å². The van der Waals surface area contributed by atoms with Crippen molar-refractivity contribution in [3.63, 3.8) is 0 Å². The smallest absolute Gasteiger partial charge is 0.0240 e. The molecule has 0 amide bonds. The summed E-state index contributed by atoms with van der Waals surface area (Å²) >= 11 is 0. The van der Waals surface area contributed by atoms with E-state index in [1.54, 1.807) is 0 Å². The van der Waals surface area contributed by atoms with E-state index in [0.717, 1.165) is 25.9 Å². The molecule has 1 fully saturated rings. The molecule has 1 N–H and O–H groups in total. The first-order valence-corrected chi connectivity index (χ1v) is 6.34. The number of rotatable bonds is 6. The number of likely N-dealkylation sites (N-methyl/N-ethyl adjacent to an activating group) is 1. The number of piperazine rings is 1. The number of terminal acetylenes is 1. The van der Waals surface area contributed by atoms with Gasteiger partial charge in [0.1, 0.15) is 0 Å². The zero-order valence-corrected chi connectivity index (χ0v) is 10.7. The predicted molar refractivity (Wildman–Crippen MR) is 69.5 cm³/mol. The molecule has 0 aliphatic carbocycles. The zero-order chi connectivity index (χ0) is 11.8. The van der Waals surface area contributed by atoms with Crippen molar-refractivity contribution in [3.05, 3.63) is 0 Å². The van der Waals surface area contributed by atoms with Crippen LogP contribution in [0.5, 0.6) is 0 Å². The second-order valence-electron chi connectivity index (χ2n) is 4.61. The molecule has 1 aliphatic rings. The Labute approximate surface area is 100 Å². The quantitative estimate of drug-likeness (QED) is 0.666. The third kappa shape index (κ3) is 4.98. The highest BCUT2D eigenvalue weighted by Gasteiger charge is 2.13. The van der Waals surface area contributed by atoms with E-state index >= 15 is 0 Å². The minimum absolute atomic E-state index is 0.498. The van der Waals surface area contributed by atoms with Crippen molar-refractivity contribution >= 4 is 0 Å². The van der Waals surface area contributed by atoms with Gasteiger partial charge in [-0.3, -0.25) is 4.90 Å². The fourth-order valence-corrected chi connectivity index (χ4v) is 2.00. The molecule has 1 rings (SSSR count). The van der Waals surface area contributed by atoms with Crippen LogP contribution in [0.3, 0.4) is 0 Å². The third-order valence-electron chi connectivity index (χ3n) is 3.31. The lowest BCUT2D eigenvalue weighted by molar-refractivity contribution is 0.153. The second-order valence-corrected chi connectivity index (χ2v) is 4.61. The summed E-state index contributed by atoms with van der Waals surface area (Å²) in [6, 6.07) is 0.498. The summed E-state index contributed by atoms with van der Waals surface area (Å²) < 4.78 is 0. The highest BCUT2D eigenvalue weighted by molar-refractivity contribution is 4.89. The number of nitrogens with one attached hydrogen (secondary N) is 1. The van der Waals surface area contributed by atoms with Crippen molar-refractivity contribution < 1.29 is 0 Å². The Bertz CT molecular complexity index is 214. The Balaban J connectivity index is 2.08. The molecular formula is C13H25N3. The van der Waals surface area contributed by atoms with E-state index < -0.39 is 0 Å². The monoisotopic (exact) mass is 223 g/mol. The molecule has 0 saturated carbocycles. The summed E-state index contributed by atoms with van der Waals surface area (Å²) in [5.74, 6) is 2.73. The van der Waals surface area contributed by atoms with E-state index in [1.165, 1.54) is 26.2 Å². The maximum absolute atomic E-state index is 5.33. The van der Waals surface area contributed by atoms with Crippen LogP contribution in [0, 0.1) is 12.3 Å². The molecule has 1 saturated heterocycles. The van der Waals surface area contributed by atoms with E-state index in [-0.39, 0.29) is 0 Å². The maximum atomic E-state index is 5.33. The average molecular weight is 223 g/mol. The minimum Gasteiger partial charge on any atom is -0.312 e. The van der Waals surface area contributed by atoms with Crippen molar-refractivity contribution in [1.82, 2.24) is 15.1 Å². The summed E-state index contributed by atoms with van der Waals surface area (Å²) in [5, 5.41) is 3.53.